The lowest BCUT2D eigenvalue weighted by molar-refractivity contribution is -0.0608. The van der Waals surface area contributed by atoms with Gasteiger partial charge in [0.15, 0.2) is 0 Å². The Morgan fingerprint density at radius 3 is 2.83 bits per heavy atom. The van der Waals surface area contributed by atoms with E-state index in [1.165, 1.54) is 0 Å². The van der Waals surface area contributed by atoms with Crippen molar-refractivity contribution in [1.29, 1.82) is 0 Å². The van der Waals surface area contributed by atoms with E-state index in [4.69, 9.17) is 9.47 Å². The smallest absolute Gasteiger partial charge is 0.412 e. The lowest BCUT2D eigenvalue weighted by Crippen LogP contribution is -2.33. The van der Waals surface area contributed by atoms with Gasteiger partial charge in [0.05, 0.1) is 6.61 Å². The second-order valence-electron chi connectivity index (χ2n) is 4.01. The Morgan fingerprint density at radius 2 is 2.22 bits per heavy atom. The van der Waals surface area contributed by atoms with Gasteiger partial charge in [0.1, 0.15) is 0 Å². The highest BCUT2D eigenvalue weighted by molar-refractivity contribution is 5.67. The molecule has 0 spiro atoms. The van der Waals surface area contributed by atoms with Crippen molar-refractivity contribution in [2.75, 3.05) is 13.2 Å². The average molecular weight is 247 g/mol. The standard InChI is InChI=1S/C14H17NO3/c1-2-15(11-12-7-4-3-5-8-12)14(16)18-13-9-6-10-17-13/h3-9,13H,2,10-11H2,1H3/t13-/m1/s1. The van der Waals surface area contributed by atoms with Crippen LogP contribution in [-0.2, 0) is 16.0 Å². The van der Waals surface area contributed by atoms with Crippen molar-refractivity contribution in [1.82, 2.24) is 4.90 Å². The van der Waals surface area contributed by atoms with E-state index in [1.807, 2.05) is 43.3 Å². The number of carbonyl (C=O) groups is 1. The first-order chi connectivity index (χ1) is 8.79. The monoisotopic (exact) mass is 247 g/mol. The number of nitrogens with zero attached hydrogens (tertiary/aromatic N) is 1. The largest absolute Gasteiger partial charge is 0.416 e. The molecule has 1 amide bonds. The highest BCUT2D eigenvalue weighted by Crippen LogP contribution is 2.10. The molecule has 18 heavy (non-hydrogen) atoms. The van der Waals surface area contributed by atoms with Crippen LogP contribution in [0.4, 0.5) is 4.79 Å². The van der Waals surface area contributed by atoms with E-state index in [0.29, 0.717) is 19.7 Å². The van der Waals surface area contributed by atoms with Gasteiger partial charge in [0.2, 0.25) is 6.29 Å². The van der Waals surface area contributed by atoms with Gasteiger partial charge in [0.25, 0.3) is 0 Å². The summed E-state index contributed by atoms with van der Waals surface area (Å²) < 4.78 is 10.4. The number of hydrogen-bond acceptors (Lipinski definition) is 3. The van der Waals surface area contributed by atoms with Gasteiger partial charge in [-0.1, -0.05) is 36.4 Å². The summed E-state index contributed by atoms with van der Waals surface area (Å²) in [5.74, 6) is 0. The van der Waals surface area contributed by atoms with Crippen molar-refractivity contribution in [3.05, 3.63) is 48.0 Å². The van der Waals surface area contributed by atoms with Crippen molar-refractivity contribution >= 4 is 6.09 Å². The molecule has 0 radical (unpaired) electrons. The average Bonchev–Trinajstić information content (AvgIpc) is 2.90. The predicted octanol–water partition coefficient (Wildman–Crippen LogP) is 2.56. The van der Waals surface area contributed by atoms with Crippen molar-refractivity contribution in [2.24, 2.45) is 0 Å². The molecule has 0 saturated carbocycles. The Kier molecular flexibility index (Phi) is 4.36. The number of rotatable bonds is 4. The number of ether oxygens (including phenoxy) is 2. The number of carbonyl (C=O) groups excluding carboxylic acids is 1. The van der Waals surface area contributed by atoms with E-state index < -0.39 is 6.29 Å². The molecule has 4 nitrogen and oxygen atoms in total. The Balaban J connectivity index is 1.91. The summed E-state index contributed by atoms with van der Waals surface area (Å²) in [4.78, 5) is 13.6. The molecule has 0 fully saturated rings. The van der Waals surface area contributed by atoms with Gasteiger partial charge in [0, 0.05) is 13.1 Å². The quantitative estimate of drug-likeness (QED) is 0.767. The minimum atomic E-state index is -0.540. The minimum absolute atomic E-state index is 0.349. The first kappa shape index (κ1) is 12.6. The van der Waals surface area contributed by atoms with Crippen LogP contribution in [0.3, 0.4) is 0 Å². The van der Waals surface area contributed by atoms with E-state index in [2.05, 4.69) is 0 Å². The molecule has 0 aliphatic carbocycles. The van der Waals surface area contributed by atoms with Gasteiger partial charge < -0.3 is 14.4 Å². The Labute approximate surface area is 107 Å². The third-order valence-electron chi connectivity index (χ3n) is 2.72. The molecular formula is C14H17NO3. The van der Waals surface area contributed by atoms with Crippen LogP contribution in [0, 0.1) is 0 Å². The maximum atomic E-state index is 11.9. The van der Waals surface area contributed by atoms with Crippen LogP contribution in [0.5, 0.6) is 0 Å². The molecule has 4 heteroatoms. The van der Waals surface area contributed by atoms with Crippen molar-refractivity contribution < 1.29 is 14.3 Å². The topological polar surface area (TPSA) is 38.8 Å². The Bertz CT molecular complexity index is 416. The predicted molar refractivity (Wildman–Crippen MR) is 67.9 cm³/mol. The lowest BCUT2D eigenvalue weighted by Gasteiger charge is -2.22. The molecule has 2 rings (SSSR count). The van der Waals surface area contributed by atoms with Crippen LogP contribution in [0.15, 0.2) is 42.5 Å². The van der Waals surface area contributed by atoms with E-state index in [-0.39, 0.29) is 6.09 Å². The molecule has 96 valence electrons. The van der Waals surface area contributed by atoms with Gasteiger partial charge in [-0.25, -0.2) is 4.79 Å². The number of amides is 1. The van der Waals surface area contributed by atoms with Crippen LogP contribution in [0.25, 0.3) is 0 Å². The molecule has 1 heterocycles. The number of hydrogen-bond donors (Lipinski definition) is 0. The Morgan fingerprint density at radius 1 is 1.44 bits per heavy atom. The van der Waals surface area contributed by atoms with Crippen LogP contribution >= 0.6 is 0 Å². The van der Waals surface area contributed by atoms with Crippen LogP contribution in [0.2, 0.25) is 0 Å². The summed E-state index contributed by atoms with van der Waals surface area (Å²) in [6, 6.07) is 9.84. The maximum Gasteiger partial charge on any atom is 0.412 e. The summed E-state index contributed by atoms with van der Waals surface area (Å²) >= 11 is 0. The van der Waals surface area contributed by atoms with Gasteiger partial charge in [-0.15, -0.1) is 0 Å². The van der Waals surface area contributed by atoms with Crippen molar-refractivity contribution in [3.63, 3.8) is 0 Å². The van der Waals surface area contributed by atoms with E-state index in [1.54, 1.807) is 11.0 Å². The van der Waals surface area contributed by atoms with E-state index in [9.17, 15) is 4.79 Å². The zero-order valence-corrected chi connectivity index (χ0v) is 10.4. The highest BCUT2D eigenvalue weighted by atomic mass is 16.7. The van der Waals surface area contributed by atoms with Gasteiger partial charge in [-0.05, 0) is 18.6 Å². The molecule has 0 unspecified atom stereocenters. The number of benzene rings is 1. The minimum Gasteiger partial charge on any atom is -0.416 e. The van der Waals surface area contributed by atoms with Crippen molar-refractivity contribution in [3.8, 4) is 0 Å². The van der Waals surface area contributed by atoms with Crippen LogP contribution in [0.1, 0.15) is 12.5 Å². The summed E-state index contributed by atoms with van der Waals surface area (Å²) in [6.07, 6.45) is 2.69. The van der Waals surface area contributed by atoms with E-state index in [0.717, 1.165) is 5.56 Å². The molecule has 0 saturated heterocycles. The second kappa shape index (κ2) is 6.21. The fraction of sp³-hybridized carbons (Fsp3) is 0.357. The summed E-state index contributed by atoms with van der Waals surface area (Å²) in [5.41, 5.74) is 1.08. The zero-order chi connectivity index (χ0) is 12.8. The van der Waals surface area contributed by atoms with Crippen LogP contribution in [-0.4, -0.2) is 30.4 Å². The molecule has 1 aromatic carbocycles. The summed E-state index contributed by atoms with van der Waals surface area (Å²) in [5, 5.41) is 0. The summed E-state index contributed by atoms with van der Waals surface area (Å²) in [6.45, 7) is 3.58. The van der Waals surface area contributed by atoms with Gasteiger partial charge >= 0.3 is 6.09 Å². The first-order valence-electron chi connectivity index (χ1n) is 6.07. The third-order valence-corrected chi connectivity index (χ3v) is 2.72. The SMILES string of the molecule is CCN(Cc1ccccc1)C(=O)O[C@@H]1C=CCO1. The summed E-state index contributed by atoms with van der Waals surface area (Å²) in [7, 11) is 0. The fourth-order valence-electron chi connectivity index (χ4n) is 1.73. The lowest BCUT2D eigenvalue weighted by atomic mass is 10.2. The van der Waals surface area contributed by atoms with Gasteiger partial charge in [-0.2, -0.15) is 0 Å². The second-order valence-corrected chi connectivity index (χ2v) is 4.01. The molecule has 0 N–H and O–H groups in total. The molecular weight excluding hydrogens is 230 g/mol. The fourth-order valence-corrected chi connectivity index (χ4v) is 1.73. The van der Waals surface area contributed by atoms with Crippen LogP contribution < -0.4 is 0 Å². The van der Waals surface area contributed by atoms with Gasteiger partial charge in [-0.3, -0.25) is 0 Å². The molecule has 0 aromatic heterocycles. The molecule has 1 aromatic rings. The Hall–Kier alpha value is -1.81. The third kappa shape index (κ3) is 3.34. The molecule has 1 aliphatic rings. The van der Waals surface area contributed by atoms with E-state index >= 15 is 0 Å². The molecule has 0 bridgehead atoms. The molecule has 1 aliphatic heterocycles. The van der Waals surface area contributed by atoms with Crippen molar-refractivity contribution in [2.45, 2.75) is 19.8 Å². The molecule has 1 atom stereocenters. The first-order valence-corrected chi connectivity index (χ1v) is 6.07. The normalized spacial score (nSPS) is 17.7. The zero-order valence-electron chi connectivity index (χ0n) is 10.4. The highest BCUT2D eigenvalue weighted by Gasteiger charge is 2.19. The maximum absolute atomic E-state index is 11.9.